The molecule has 6 N–H and O–H groups in total. The van der Waals surface area contributed by atoms with E-state index in [4.69, 9.17) is 55.8 Å². The summed E-state index contributed by atoms with van der Waals surface area (Å²) >= 11 is 17.0. The number of esters is 1. The Labute approximate surface area is 253 Å². The van der Waals surface area contributed by atoms with Crippen LogP contribution in [0.5, 0.6) is 0 Å². The van der Waals surface area contributed by atoms with Crippen molar-refractivity contribution in [1.82, 2.24) is 0 Å². The largest absolute Gasteiger partial charge is 0.458 e. The molecule has 218 valence electrons. The first-order valence-corrected chi connectivity index (χ1v) is 14.9. The van der Waals surface area contributed by atoms with Gasteiger partial charge in [0, 0.05) is 23.5 Å². The van der Waals surface area contributed by atoms with Crippen molar-refractivity contribution in [2.24, 2.45) is 10.9 Å². The third-order valence-corrected chi connectivity index (χ3v) is 7.04. The van der Waals surface area contributed by atoms with Crippen molar-refractivity contribution in [2.45, 2.75) is 22.0 Å². The van der Waals surface area contributed by atoms with E-state index in [0.717, 1.165) is 0 Å². The van der Waals surface area contributed by atoms with Crippen molar-refractivity contribution in [3.63, 3.8) is 0 Å². The van der Waals surface area contributed by atoms with Crippen molar-refractivity contribution in [3.8, 4) is 11.1 Å². The molecule has 41 heavy (non-hydrogen) atoms. The Morgan fingerprint density at radius 1 is 1.02 bits per heavy atom. The molecule has 1 amide bonds. The van der Waals surface area contributed by atoms with Crippen LogP contribution < -0.4 is 21.1 Å². The van der Waals surface area contributed by atoms with Crippen LogP contribution in [0.3, 0.4) is 0 Å². The maximum Gasteiger partial charge on any atom is 0.339 e. The Morgan fingerprint density at radius 2 is 1.68 bits per heavy atom. The number of hydrogen-bond donors (Lipinski definition) is 4. The van der Waals surface area contributed by atoms with Crippen LogP contribution in [0.15, 0.2) is 71.6 Å². The van der Waals surface area contributed by atoms with Gasteiger partial charge in [0.1, 0.15) is 12.4 Å². The van der Waals surface area contributed by atoms with Gasteiger partial charge in [-0.3, -0.25) is 10.2 Å². The molecule has 0 aliphatic heterocycles. The predicted molar refractivity (Wildman–Crippen MR) is 162 cm³/mol. The van der Waals surface area contributed by atoms with E-state index in [9.17, 15) is 18.0 Å². The lowest BCUT2D eigenvalue weighted by Crippen LogP contribution is -2.36. The van der Waals surface area contributed by atoms with E-state index in [1.165, 1.54) is 12.1 Å². The molecule has 0 radical (unpaired) electrons. The zero-order valence-corrected chi connectivity index (χ0v) is 24.9. The number of carbonyl (C=O) groups is 2. The molecule has 0 spiro atoms. The van der Waals surface area contributed by atoms with Crippen LogP contribution in [-0.4, -0.2) is 49.6 Å². The van der Waals surface area contributed by atoms with Crippen LogP contribution in [0.25, 0.3) is 11.1 Å². The highest BCUT2D eigenvalue weighted by Gasteiger charge is 2.26. The first kappa shape index (κ1) is 32.2. The SMILES string of the molecule is CCCN(CC(=O)Nc1ccc(-c2ccccc2S(N)(=O)=O)cc1)c1cccc(C(=O)OCC(Cl)(Cl)Cl)c1C(=N)N. The Bertz CT molecular complexity index is 1540. The van der Waals surface area contributed by atoms with Gasteiger partial charge in [-0.2, -0.15) is 0 Å². The smallest absolute Gasteiger partial charge is 0.339 e. The summed E-state index contributed by atoms with van der Waals surface area (Å²) in [4.78, 5) is 27.5. The fourth-order valence-electron chi connectivity index (χ4n) is 4.10. The van der Waals surface area contributed by atoms with Crippen LogP contribution in [0.2, 0.25) is 0 Å². The highest BCUT2D eigenvalue weighted by molar-refractivity contribution is 7.89. The summed E-state index contributed by atoms with van der Waals surface area (Å²) < 4.78 is 27.2. The monoisotopic (exact) mass is 639 g/mol. The van der Waals surface area contributed by atoms with Crippen LogP contribution >= 0.6 is 34.8 Å². The maximum atomic E-state index is 13.1. The minimum absolute atomic E-state index is 0.00771. The number of nitrogens with one attached hydrogen (secondary N) is 2. The molecule has 0 bridgehead atoms. The van der Waals surface area contributed by atoms with Crippen molar-refractivity contribution < 1.29 is 22.7 Å². The van der Waals surface area contributed by atoms with Gasteiger partial charge in [0.05, 0.1) is 22.6 Å². The number of amidine groups is 1. The lowest BCUT2D eigenvalue weighted by molar-refractivity contribution is -0.115. The summed E-state index contributed by atoms with van der Waals surface area (Å²) in [6, 6.07) is 17.6. The second-order valence-corrected chi connectivity index (χ2v) is 12.9. The van der Waals surface area contributed by atoms with Gasteiger partial charge in [0.2, 0.25) is 19.7 Å². The molecule has 10 nitrogen and oxygen atoms in total. The molecule has 3 aromatic rings. The summed E-state index contributed by atoms with van der Waals surface area (Å²) in [5, 5.41) is 16.3. The number of amides is 1. The van der Waals surface area contributed by atoms with Gasteiger partial charge in [0.25, 0.3) is 0 Å². The number of rotatable bonds is 11. The molecule has 0 saturated carbocycles. The number of carbonyl (C=O) groups excluding carboxylic acids is 2. The van der Waals surface area contributed by atoms with Gasteiger partial charge in [0.15, 0.2) is 0 Å². The average Bonchev–Trinajstić information content (AvgIpc) is 2.90. The van der Waals surface area contributed by atoms with Crippen LogP contribution in [-0.2, 0) is 19.6 Å². The van der Waals surface area contributed by atoms with E-state index in [2.05, 4.69) is 5.32 Å². The second kappa shape index (κ2) is 13.5. The van der Waals surface area contributed by atoms with E-state index in [0.29, 0.717) is 35.5 Å². The highest BCUT2D eigenvalue weighted by Crippen LogP contribution is 2.30. The molecular formula is C27H28Cl3N5O5S. The Kier molecular flexibility index (Phi) is 10.6. The molecule has 0 aromatic heterocycles. The molecule has 14 heteroatoms. The first-order valence-electron chi connectivity index (χ1n) is 12.2. The quantitative estimate of drug-likeness (QED) is 0.102. The standard InChI is InChI=1S/C27H28Cl3N5O5S/c1-2-14-35(21-8-5-7-20(24(21)25(31)32)26(37)40-16-27(28,29)30)15-23(36)34-18-12-10-17(11-13-18)19-6-3-4-9-22(19)41(33,38)39/h3-13H,2,14-16H2,1H3,(H3,31,32)(H,34,36)(H2,33,38,39). The fourth-order valence-corrected chi connectivity index (χ4v) is 5.02. The minimum Gasteiger partial charge on any atom is -0.458 e. The third kappa shape index (κ3) is 8.82. The molecular weight excluding hydrogens is 613 g/mol. The van der Waals surface area contributed by atoms with Gasteiger partial charge in [-0.05, 0) is 42.3 Å². The number of nitrogens with two attached hydrogens (primary N) is 2. The third-order valence-electron chi connectivity index (χ3n) is 5.74. The zero-order chi connectivity index (χ0) is 30.4. The molecule has 0 saturated heterocycles. The second-order valence-electron chi connectivity index (χ2n) is 8.89. The molecule has 3 aromatic carbocycles. The maximum absolute atomic E-state index is 13.1. The van der Waals surface area contributed by atoms with Crippen LogP contribution in [0.1, 0.15) is 29.3 Å². The van der Waals surface area contributed by atoms with Crippen LogP contribution in [0.4, 0.5) is 11.4 Å². The molecule has 0 heterocycles. The number of halogens is 3. The van der Waals surface area contributed by atoms with Crippen molar-refractivity contribution in [3.05, 3.63) is 77.9 Å². The van der Waals surface area contributed by atoms with Crippen molar-refractivity contribution in [1.29, 1.82) is 5.41 Å². The lowest BCUT2D eigenvalue weighted by atomic mass is 10.0. The molecule has 0 unspecified atom stereocenters. The van der Waals surface area contributed by atoms with Crippen molar-refractivity contribution >= 4 is 73.9 Å². The van der Waals surface area contributed by atoms with Gasteiger partial charge in [-0.1, -0.05) is 78.1 Å². The number of nitrogen functional groups attached to an aromatic ring is 1. The Hall–Kier alpha value is -3.35. The van der Waals surface area contributed by atoms with E-state index in [1.807, 2.05) is 6.92 Å². The molecule has 0 atom stereocenters. The van der Waals surface area contributed by atoms with Crippen LogP contribution in [0, 0.1) is 5.41 Å². The van der Waals surface area contributed by atoms with Gasteiger partial charge >= 0.3 is 5.97 Å². The van der Waals surface area contributed by atoms with E-state index >= 15 is 0 Å². The Balaban J connectivity index is 1.82. The van der Waals surface area contributed by atoms with E-state index < -0.39 is 32.2 Å². The average molecular weight is 641 g/mol. The number of anilines is 2. The van der Waals surface area contributed by atoms with Crippen molar-refractivity contribution in [2.75, 3.05) is 29.9 Å². The number of benzene rings is 3. The number of primary sulfonamides is 1. The summed E-state index contributed by atoms with van der Waals surface area (Å²) in [6.07, 6.45) is 0.644. The summed E-state index contributed by atoms with van der Waals surface area (Å²) in [5.41, 5.74) is 7.81. The molecule has 0 aliphatic rings. The summed E-state index contributed by atoms with van der Waals surface area (Å²) in [6.45, 7) is 1.68. The predicted octanol–water partition coefficient (Wildman–Crippen LogP) is 4.67. The molecule has 3 rings (SSSR count). The van der Waals surface area contributed by atoms with Gasteiger partial charge in [-0.25, -0.2) is 18.4 Å². The Morgan fingerprint density at radius 3 is 2.27 bits per heavy atom. The number of alkyl halides is 3. The van der Waals surface area contributed by atoms with Gasteiger partial charge < -0.3 is 20.7 Å². The topological polar surface area (TPSA) is 169 Å². The number of ether oxygens (including phenoxy) is 1. The number of sulfonamides is 1. The zero-order valence-electron chi connectivity index (χ0n) is 21.9. The summed E-state index contributed by atoms with van der Waals surface area (Å²) in [7, 11) is -3.93. The molecule has 0 fully saturated rings. The lowest BCUT2D eigenvalue weighted by Gasteiger charge is -2.27. The summed E-state index contributed by atoms with van der Waals surface area (Å²) in [5.74, 6) is -1.62. The highest BCUT2D eigenvalue weighted by atomic mass is 35.6. The van der Waals surface area contributed by atoms with E-state index in [-0.39, 0.29) is 28.5 Å². The van der Waals surface area contributed by atoms with Gasteiger partial charge in [-0.15, -0.1) is 0 Å². The molecule has 0 aliphatic carbocycles. The number of nitrogens with zero attached hydrogens (tertiary/aromatic N) is 1. The fraction of sp³-hybridized carbons (Fsp3) is 0.222. The first-order chi connectivity index (χ1) is 19.2. The number of hydrogen-bond acceptors (Lipinski definition) is 7. The minimum atomic E-state index is -3.93. The normalized spacial score (nSPS) is 11.5. The van der Waals surface area contributed by atoms with E-state index in [1.54, 1.807) is 59.5 Å².